The number of rotatable bonds is 4. The number of fused-ring (bicyclic) bond motifs is 1. The quantitative estimate of drug-likeness (QED) is 0.933. The van der Waals surface area contributed by atoms with Crippen molar-refractivity contribution in [2.75, 3.05) is 18.5 Å². The molecule has 23 heavy (non-hydrogen) atoms. The van der Waals surface area contributed by atoms with E-state index < -0.39 is 0 Å². The van der Waals surface area contributed by atoms with Gasteiger partial charge in [0.15, 0.2) is 11.5 Å². The van der Waals surface area contributed by atoms with Crippen LogP contribution in [-0.4, -0.2) is 23.2 Å². The Hall–Kier alpha value is -2.30. The normalized spacial score (nSPS) is 13.7. The number of hydrogen-bond acceptors (Lipinski definition) is 5. The van der Waals surface area contributed by atoms with E-state index in [1.807, 2.05) is 25.1 Å². The molecular weight excluding hydrogens is 290 g/mol. The van der Waals surface area contributed by atoms with Crippen LogP contribution < -0.4 is 14.8 Å². The molecule has 0 saturated carbocycles. The molecule has 0 amide bonds. The van der Waals surface area contributed by atoms with Crippen molar-refractivity contribution in [2.24, 2.45) is 0 Å². The summed E-state index contributed by atoms with van der Waals surface area (Å²) in [4.78, 5) is 9.04. The number of nitrogens with zero attached hydrogens (tertiary/aromatic N) is 2. The van der Waals surface area contributed by atoms with Crippen LogP contribution in [-0.2, 0) is 6.54 Å². The fourth-order valence-corrected chi connectivity index (χ4v) is 2.45. The highest BCUT2D eigenvalue weighted by Gasteiger charge is 2.11. The molecular formula is C18H23N3O2. The molecule has 1 aliphatic rings. The van der Waals surface area contributed by atoms with E-state index in [0.29, 0.717) is 25.7 Å². The molecule has 122 valence electrons. The molecule has 0 radical (unpaired) electrons. The van der Waals surface area contributed by atoms with E-state index in [0.717, 1.165) is 40.8 Å². The van der Waals surface area contributed by atoms with Gasteiger partial charge in [-0.3, -0.25) is 0 Å². The zero-order valence-corrected chi connectivity index (χ0v) is 13.9. The van der Waals surface area contributed by atoms with Gasteiger partial charge in [-0.25, -0.2) is 9.97 Å². The van der Waals surface area contributed by atoms with Gasteiger partial charge in [0.25, 0.3) is 0 Å². The Bertz CT molecular complexity index is 686. The number of aromatic nitrogens is 2. The number of aryl methyl sites for hydroxylation is 1. The van der Waals surface area contributed by atoms with E-state index in [-0.39, 0.29) is 0 Å². The third kappa shape index (κ3) is 3.92. The molecule has 0 aliphatic carbocycles. The van der Waals surface area contributed by atoms with Crippen LogP contribution in [0.1, 0.15) is 43.3 Å². The minimum atomic E-state index is 0.313. The first-order valence-electron chi connectivity index (χ1n) is 8.10. The lowest BCUT2D eigenvalue weighted by Gasteiger charge is -2.12. The molecule has 0 spiro atoms. The molecule has 3 rings (SSSR count). The standard InChI is InChI=1S/C18H23N3O2/c1-12(2)18-20-13(3)9-17(21-18)19-11-14-5-6-15-16(10-14)23-8-4-7-22-15/h5-6,9-10,12H,4,7-8,11H2,1-3H3,(H,19,20,21). The Morgan fingerprint density at radius 3 is 2.65 bits per heavy atom. The van der Waals surface area contributed by atoms with Crippen molar-refractivity contribution in [1.29, 1.82) is 0 Å². The Morgan fingerprint density at radius 1 is 1.09 bits per heavy atom. The molecule has 2 aromatic rings. The minimum Gasteiger partial charge on any atom is -0.490 e. The summed E-state index contributed by atoms with van der Waals surface area (Å²) in [7, 11) is 0. The average Bonchev–Trinajstić information content (AvgIpc) is 2.77. The van der Waals surface area contributed by atoms with Gasteiger partial charge in [0.1, 0.15) is 11.6 Å². The van der Waals surface area contributed by atoms with Gasteiger partial charge in [-0.05, 0) is 24.6 Å². The van der Waals surface area contributed by atoms with Gasteiger partial charge in [0.2, 0.25) is 0 Å². The van der Waals surface area contributed by atoms with Gasteiger partial charge in [0, 0.05) is 30.6 Å². The average molecular weight is 313 g/mol. The molecule has 1 aromatic heterocycles. The molecule has 2 heterocycles. The van der Waals surface area contributed by atoms with Gasteiger partial charge in [-0.15, -0.1) is 0 Å². The van der Waals surface area contributed by atoms with E-state index in [4.69, 9.17) is 9.47 Å². The first kappa shape index (κ1) is 15.6. The molecule has 1 aromatic carbocycles. The van der Waals surface area contributed by atoms with Gasteiger partial charge < -0.3 is 14.8 Å². The molecule has 0 unspecified atom stereocenters. The second-order valence-electron chi connectivity index (χ2n) is 6.09. The summed E-state index contributed by atoms with van der Waals surface area (Å²) >= 11 is 0. The van der Waals surface area contributed by atoms with Crippen molar-refractivity contribution in [3.63, 3.8) is 0 Å². The van der Waals surface area contributed by atoms with Gasteiger partial charge in [-0.2, -0.15) is 0 Å². The van der Waals surface area contributed by atoms with Crippen LogP contribution in [0.15, 0.2) is 24.3 Å². The first-order valence-corrected chi connectivity index (χ1v) is 8.10. The van der Waals surface area contributed by atoms with Crippen LogP contribution in [0.5, 0.6) is 11.5 Å². The summed E-state index contributed by atoms with van der Waals surface area (Å²) in [5.41, 5.74) is 2.11. The van der Waals surface area contributed by atoms with Gasteiger partial charge in [0.05, 0.1) is 13.2 Å². The Morgan fingerprint density at radius 2 is 1.87 bits per heavy atom. The van der Waals surface area contributed by atoms with Crippen molar-refractivity contribution in [1.82, 2.24) is 9.97 Å². The summed E-state index contributed by atoms with van der Waals surface area (Å²) in [6.07, 6.45) is 0.917. The predicted molar refractivity (Wildman–Crippen MR) is 90.2 cm³/mol. The van der Waals surface area contributed by atoms with E-state index >= 15 is 0 Å². The summed E-state index contributed by atoms with van der Waals surface area (Å²) < 4.78 is 11.4. The second kappa shape index (κ2) is 6.86. The number of ether oxygens (including phenoxy) is 2. The van der Waals surface area contributed by atoms with Crippen LogP contribution in [0.2, 0.25) is 0 Å². The highest BCUT2D eigenvalue weighted by Crippen LogP contribution is 2.30. The zero-order chi connectivity index (χ0) is 16.2. The third-order valence-electron chi connectivity index (χ3n) is 3.67. The van der Waals surface area contributed by atoms with Gasteiger partial charge >= 0.3 is 0 Å². The smallest absolute Gasteiger partial charge is 0.161 e. The van der Waals surface area contributed by atoms with E-state index in [9.17, 15) is 0 Å². The number of nitrogens with one attached hydrogen (secondary N) is 1. The SMILES string of the molecule is Cc1cc(NCc2ccc3c(c2)OCCCO3)nc(C(C)C)n1. The third-order valence-corrected chi connectivity index (χ3v) is 3.67. The van der Waals surface area contributed by atoms with Crippen molar-refractivity contribution in [2.45, 2.75) is 39.7 Å². The molecule has 0 bridgehead atoms. The fourth-order valence-electron chi connectivity index (χ4n) is 2.45. The molecule has 0 atom stereocenters. The molecule has 5 heteroatoms. The number of hydrogen-bond donors (Lipinski definition) is 1. The fraction of sp³-hybridized carbons (Fsp3) is 0.444. The topological polar surface area (TPSA) is 56.3 Å². The summed E-state index contributed by atoms with van der Waals surface area (Å²) in [6.45, 7) is 8.29. The number of benzene rings is 1. The van der Waals surface area contributed by atoms with Crippen LogP contribution >= 0.6 is 0 Å². The second-order valence-corrected chi connectivity index (χ2v) is 6.09. The zero-order valence-electron chi connectivity index (χ0n) is 13.9. The van der Waals surface area contributed by atoms with Crippen LogP contribution in [0, 0.1) is 6.92 Å². The van der Waals surface area contributed by atoms with Crippen LogP contribution in [0.3, 0.4) is 0 Å². The largest absolute Gasteiger partial charge is 0.490 e. The molecule has 0 fully saturated rings. The van der Waals surface area contributed by atoms with E-state index in [1.54, 1.807) is 0 Å². The Labute approximate surface area is 137 Å². The molecule has 1 N–H and O–H groups in total. The monoisotopic (exact) mass is 313 g/mol. The van der Waals surface area contributed by atoms with Crippen LogP contribution in [0.25, 0.3) is 0 Å². The Balaban J connectivity index is 1.72. The minimum absolute atomic E-state index is 0.313. The van der Waals surface area contributed by atoms with Crippen molar-refractivity contribution in [3.05, 3.63) is 41.3 Å². The first-order chi connectivity index (χ1) is 11.1. The maximum atomic E-state index is 5.73. The maximum Gasteiger partial charge on any atom is 0.161 e. The van der Waals surface area contributed by atoms with Crippen molar-refractivity contribution < 1.29 is 9.47 Å². The molecule has 0 saturated heterocycles. The van der Waals surface area contributed by atoms with Crippen molar-refractivity contribution in [3.8, 4) is 11.5 Å². The lowest BCUT2D eigenvalue weighted by atomic mass is 10.2. The maximum absolute atomic E-state index is 5.73. The lowest BCUT2D eigenvalue weighted by Crippen LogP contribution is -2.06. The molecule has 1 aliphatic heterocycles. The van der Waals surface area contributed by atoms with E-state index in [2.05, 4.69) is 35.2 Å². The van der Waals surface area contributed by atoms with Crippen LogP contribution in [0.4, 0.5) is 5.82 Å². The lowest BCUT2D eigenvalue weighted by molar-refractivity contribution is 0.297. The Kier molecular flexibility index (Phi) is 4.65. The number of anilines is 1. The molecule has 5 nitrogen and oxygen atoms in total. The highest BCUT2D eigenvalue weighted by atomic mass is 16.5. The predicted octanol–water partition coefficient (Wildman–Crippen LogP) is 3.68. The summed E-state index contributed by atoms with van der Waals surface area (Å²) in [5.74, 6) is 3.68. The van der Waals surface area contributed by atoms with Crippen molar-refractivity contribution >= 4 is 5.82 Å². The summed E-state index contributed by atoms with van der Waals surface area (Å²) in [6, 6.07) is 8.03. The van der Waals surface area contributed by atoms with E-state index in [1.165, 1.54) is 0 Å². The van der Waals surface area contributed by atoms with Gasteiger partial charge in [-0.1, -0.05) is 19.9 Å². The summed E-state index contributed by atoms with van der Waals surface area (Å²) in [5, 5.41) is 3.37. The highest BCUT2D eigenvalue weighted by molar-refractivity contribution is 5.45.